The summed E-state index contributed by atoms with van der Waals surface area (Å²) in [6.45, 7) is 3.36. The van der Waals surface area contributed by atoms with Crippen molar-refractivity contribution in [1.82, 2.24) is 14.5 Å². The number of piperidine rings is 1. The van der Waals surface area contributed by atoms with Gasteiger partial charge in [0.1, 0.15) is 5.65 Å². The minimum absolute atomic E-state index is 0.151. The smallest absolute Gasteiger partial charge is 0.409 e. The number of esters is 1. The van der Waals surface area contributed by atoms with Crippen molar-refractivity contribution < 1.29 is 23.9 Å². The molecule has 2 aromatic heterocycles. The number of carbonyl (C=O) groups excluding carboxylic acids is 3. The second-order valence-electron chi connectivity index (χ2n) is 9.01. The molecule has 1 aromatic carbocycles. The highest BCUT2D eigenvalue weighted by atomic mass is 16.6. The van der Waals surface area contributed by atoms with Crippen molar-refractivity contribution in [3.63, 3.8) is 0 Å². The molecule has 0 unspecified atom stereocenters. The van der Waals surface area contributed by atoms with Crippen molar-refractivity contribution in [1.29, 1.82) is 0 Å². The first kappa shape index (κ1) is 26.0. The molecule has 0 spiro atoms. The lowest BCUT2D eigenvalue weighted by atomic mass is 10.1. The van der Waals surface area contributed by atoms with Gasteiger partial charge in [0, 0.05) is 38.0 Å². The normalized spacial score (nSPS) is 13.9. The highest BCUT2D eigenvalue weighted by Gasteiger charge is 2.26. The van der Waals surface area contributed by atoms with Gasteiger partial charge in [0.2, 0.25) is 5.91 Å². The zero-order valence-electron chi connectivity index (χ0n) is 21.5. The standard InChI is InChI=1S/C27H33N5O5/c1-4-37-27(35)32-14-12-19(13-15-32)29-20-16-21-23(24(26(34)36-3)31(2)25(21)28-17-20)30-22(33)11-10-18-8-6-5-7-9-18/h5-9,16-17,19,29H,4,10-15H2,1-3H3,(H,30,33). The molecule has 1 aliphatic rings. The second kappa shape index (κ2) is 11.8. The summed E-state index contributed by atoms with van der Waals surface area (Å²) < 4.78 is 11.7. The molecule has 2 N–H and O–H groups in total. The second-order valence-corrected chi connectivity index (χ2v) is 9.01. The average molecular weight is 508 g/mol. The maximum atomic E-state index is 12.9. The van der Waals surface area contributed by atoms with Gasteiger partial charge in [-0.25, -0.2) is 14.6 Å². The Labute approximate surface area is 215 Å². The molecule has 2 amide bonds. The van der Waals surface area contributed by atoms with Crippen LogP contribution in [0.1, 0.15) is 42.2 Å². The molecule has 3 heterocycles. The minimum Gasteiger partial charge on any atom is -0.464 e. The van der Waals surface area contributed by atoms with E-state index in [4.69, 9.17) is 9.47 Å². The van der Waals surface area contributed by atoms with Gasteiger partial charge in [0.25, 0.3) is 0 Å². The van der Waals surface area contributed by atoms with Gasteiger partial charge in [-0.3, -0.25) is 4.79 Å². The van der Waals surface area contributed by atoms with Crippen molar-refractivity contribution in [2.45, 2.75) is 38.6 Å². The van der Waals surface area contributed by atoms with Crippen LogP contribution in [0.25, 0.3) is 11.0 Å². The Bertz CT molecular complexity index is 1270. The third-order valence-corrected chi connectivity index (χ3v) is 6.54. The van der Waals surface area contributed by atoms with Crippen LogP contribution < -0.4 is 10.6 Å². The van der Waals surface area contributed by atoms with Gasteiger partial charge in [0.15, 0.2) is 5.69 Å². The maximum Gasteiger partial charge on any atom is 0.409 e. The molecule has 10 heteroatoms. The number of likely N-dealkylation sites (tertiary alicyclic amines) is 1. The van der Waals surface area contributed by atoms with E-state index in [1.54, 1.807) is 29.6 Å². The molecule has 0 bridgehead atoms. The van der Waals surface area contributed by atoms with Gasteiger partial charge >= 0.3 is 12.1 Å². The SMILES string of the molecule is CCOC(=O)N1CCC(Nc2cnc3c(c2)c(NC(=O)CCc2ccccc2)c(C(=O)OC)n3C)CC1. The fraction of sp³-hybridized carbons (Fsp3) is 0.407. The number of amides is 2. The van der Waals surface area contributed by atoms with E-state index in [1.807, 2.05) is 36.4 Å². The third kappa shape index (κ3) is 6.02. The van der Waals surface area contributed by atoms with E-state index in [-0.39, 0.29) is 30.2 Å². The van der Waals surface area contributed by atoms with Gasteiger partial charge in [0.05, 0.1) is 31.3 Å². The summed E-state index contributed by atoms with van der Waals surface area (Å²) in [4.78, 5) is 43.8. The average Bonchev–Trinajstić information content (AvgIpc) is 3.18. The van der Waals surface area contributed by atoms with Crippen molar-refractivity contribution >= 4 is 40.4 Å². The quantitative estimate of drug-likeness (QED) is 0.444. The molecule has 0 radical (unpaired) electrons. The first-order chi connectivity index (χ1) is 17.9. The third-order valence-electron chi connectivity index (χ3n) is 6.54. The number of anilines is 2. The number of nitrogens with one attached hydrogen (secondary N) is 2. The van der Waals surface area contributed by atoms with E-state index < -0.39 is 5.97 Å². The fourth-order valence-corrected chi connectivity index (χ4v) is 4.61. The summed E-state index contributed by atoms with van der Waals surface area (Å²) in [5.41, 5.74) is 3.00. The highest BCUT2D eigenvalue weighted by Crippen LogP contribution is 2.32. The summed E-state index contributed by atoms with van der Waals surface area (Å²) in [6, 6.07) is 11.8. The highest BCUT2D eigenvalue weighted by molar-refractivity contribution is 6.11. The van der Waals surface area contributed by atoms with E-state index in [0.717, 1.165) is 24.1 Å². The zero-order valence-corrected chi connectivity index (χ0v) is 21.5. The monoisotopic (exact) mass is 507 g/mol. The number of hydrogen-bond acceptors (Lipinski definition) is 7. The van der Waals surface area contributed by atoms with E-state index in [0.29, 0.717) is 42.8 Å². The Morgan fingerprint density at radius 2 is 1.86 bits per heavy atom. The zero-order chi connectivity index (χ0) is 26.4. The summed E-state index contributed by atoms with van der Waals surface area (Å²) in [7, 11) is 3.03. The molecule has 37 heavy (non-hydrogen) atoms. The largest absolute Gasteiger partial charge is 0.464 e. The Hall–Kier alpha value is -4.08. The Morgan fingerprint density at radius 3 is 2.54 bits per heavy atom. The number of hydrogen-bond donors (Lipinski definition) is 2. The number of methoxy groups -OCH3 is 1. The van der Waals surface area contributed by atoms with E-state index >= 15 is 0 Å². The number of benzene rings is 1. The van der Waals surface area contributed by atoms with Crippen molar-refractivity contribution in [3.05, 3.63) is 53.9 Å². The Morgan fingerprint density at radius 1 is 1.14 bits per heavy atom. The lowest BCUT2D eigenvalue weighted by Gasteiger charge is -2.32. The predicted molar refractivity (Wildman–Crippen MR) is 141 cm³/mol. The van der Waals surface area contributed by atoms with Gasteiger partial charge in [-0.15, -0.1) is 0 Å². The van der Waals surface area contributed by atoms with Crippen LogP contribution >= 0.6 is 0 Å². The van der Waals surface area contributed by atoms with Gasteiger partial charge in [-0.05, 0) is 37.8 Å². The number of rotatable bonds is 8. The number of carbonyl (C=O) groups is 3. The molecule has 0 saturated carbocycles. The number of fused-ring (bicyclic) bond motifs is 1. The van der Waals surface area contributed by atoms with Gasteiger partial charge in [-0.1, -0.05) is 30.3 Å². The molecule has 0 atom stereocenters. The molecule has 1 aliphatic heterocycles. The number of pyridine rings is 1. The summed E-state index contributed by atoms with van der Waals surface area (Å²) >= 11 is 0. The first-order valence-corrected chi connectivity index (χ1v) is 12.5. The van der Waals surface area contributed by atoms with Crippen molar-refractivity contribution in [2.24, 2.45) is 7.05 Å². The summed E-state index contributed by atoms with van der Waals surface area (Å²) in [5, 5.41) is 7.06. The maximum absolute atomic E-state index is 12.9. The van der Waals surface area contributed by atoms with E-state index in [1.165, 1.54) is 7.11 Å². The number of aryl methyl sites for hydroxylation is 2. The molecule has 10 nitrogen and oxygen atoms in total. The van der Waals surface area contributed by atoms with Gasteiger partial charge in [-0.2, -0.15) is 0 Å². The van der Waals surface area contributed by atoms with Crippen molar-refractivity contribution in [3.8, 4) is 0 Å². The van der Waals surface area contributed by atoms with Crippen LogP contribution in [-0.4, -0.2) is 65.3 Å². The molecule has 4 rings (SSSR count). The predicted octanol–water partition coefficient (Wildman–Crippen LogP) is 3.96. The lowest BCUT2D eigenvalue weighted by Crippen LogP contribution is -2.42. The minimum atomic E-state index is -0.556. The Kier molecular flexibility index (Phi) is 8.27. The van der Waals surface area contributed by atoms with Crippen LogP contribution in [0, 0.1) is 0 Å². The Balaban J connectivity index is 1.52. The molecule has 1 fully saturated rings. The molecule has 0 aliphatic carbocycles. The first-order valence-electron chi connectivity index (χ1n) is 12.5. The van der Waals surface area contributed by atoms with Crippen LogP contribution in [0.4, 0.5) is 16.2 Å². The number of aromatic nitrogens is 2. The molecule has 1 saturated heterocycles. The van der Waals surface area contributed by atoms with Gasteiger partial charge < -0.3 is 29.6 Å². The molecular formula is C27H33N5O5. The van der Waals surface area contributed by atoms with E-state index in [2.05, 4.69) is 15.6 Å². The topological polar surface area (TPSA) is 115 Å². The lowest BCUT2D eigenvalue weighted by molar-refractivity contribution is -0.116. The number of ether oxygens (including phenoxy) is 2. The molecular weight excluding hydrogens is 474 g/mol. The van der Waals surface area contributed by atoms with Crippen LogP contribution in [0.3, 0.4) is 0 Å². The molecule has 3 aromatic rings. The van der Waals surface area contributed by atoms with Crippen molar-refractivity contribution in [2.75, 3.05) is 37.4 Å². The number of nitrogens with zero attached hydrogens (tertiary/aromatic N) is 3. The van der Waals surface area contributed by atoms with Crippen LogP contribution in [0.15, 0.2) is 42.6 Å². The summed E-state index contributed by atoms with van der Waals surface area (Å²) in [5.74, 6) is -0.758. The van der Waals surface area contributed by atoms with Crippen LogP contribution in [-0.2, 0) is 27.7 Å². The summed E-state index contributed by atoms with van der Waals surface area (Å²) in [6.07, 6.45) is 3.81. The molecule has 196 valence electrons. The fourth-order valence-electron chi connectivity index (χ4n) is 4.61. The van der Waals surface area contributed by atoms with Crippen LogP contribution in [0.5, 0.6) is 0 Å². The van der Waals surface area contributed by atoms with Crippen LogP contribution in [0.2, 0.25) is 0 Å². The van der Waals surface area contributed by atoms with E-state index in [9.17, 15) is 14.4 Å².